The molecular weight excluding hydrogens is 160 g/mol. The van der Waals surface area contributed by atoms with Crippen LogP contribution in [0.3, 0.4) is 0 Å². The number of rotatable bonds is 1. The summed E-state index contributed by atoms with van der Waals surface area (Å²) in [5.74, 6) is 0. The number of hydrogen-bond acceptors (Lipinski definition) is 2. The summed E-state index contributed by atoms with van der Waals surface area (Å²) in [6.45, 7) is 13.6. The Morgan fingerprint density at radius 3 is 2.38 bits per heavy atom. The Balaban J connectivity index is 2.44. The smallest absolute Gasteiger partial charge is 0.0252 e. The largest absolute Gasteiger partial charge is 0.313 e. The van der Waals surface area contributed by atoms with Gasteiger partial charge in [-0.15, -0.1) is 0 Å². The number of hydrogen-bond donors (Lipinski definition) is 2. The Morgan fingerprint density at radius 1 is 1.31 bits per heavy atom. The second kappa shape index (κ2) is 3.58. The van der Waals surface area contributed by atoms with Crippen LogP contribution in [0.2, 0.25) is 0 Å². The van der Waals surface area contributed by atoms with Crippen molar-refractivity contribution in [2.75, 3.05) is 13.1 Å². The average Bonchev–Trinajstić information content (AvgIpc) is 1.79. The molecular formula is C11H24N2. The topological polar surface area (TPSA) is 24.1 Å². The molecule has 0 aromatic carbocycles. The van der Waals surface area contributed by atoms with Gasteiger partial charge in [0, 0.05) is 24.7 Å². The average molecular weight is 184 g/mol. The van der Waals surface area contributed by atoms with Crippen LogP contribution in [0.25, 0.3) is 0 Å². The minimum atomic E-state index is 0.258. The highest BCUT2D eigenvalue weighted by molar-refractivity contribution is 4.91. The molecule has 1 rings (SSSR count). The van der Waals surface area contributed by atoms with E-state index in [4.69, 9.17) is 0 Å². The van der Waals surface area contributed by atoms with Gasteiger partial charge in [-0.1, -0.05) is 20.8 Å². The van der Waals surface area contributed by atoms with Gasteiger partial charge < -0.3 is 10.6 Å². The predicted octanol–water partition coefficient (Wildman–Crippen LogP) is 1.76. The van der Waals surface area contributed by atoms with Crippen LogP contribution in [0.4, 0.5) is 0 Å². The van der Waals surface area contributed by atoms with Gasteiger partial charge in [-0.3, -0.25) is 0 Å². The quantitative estimate of drug-likeness (QED) is 0.649. The van der Waals surface area contributed by atoms with E-state index in [-0.39, 0.29) is 5.54 Å². The summed E-state index contributed by atoms with van der Waals surface area (Å²) >= 11 is 0. The monoisotopic (exact) mass is 184 g/mol. The van der Waals surface area contributed by atoms with Gasteiger partial charge in [-0.05, 0) is 25.7 Å². The van der Waals surface area contributed by atoms with Gasteiger partial charge in [0.05, 0.1) is 0 Å². The van der Waals surface area contributed by atoms with Gasteiger partial charge in [0.1, 0.15) is 0 Å². The van der Waals surface area contributed by atoms with Crippen molar-refractivity contribution in [3.05, 3.63) is 0 Å². The standard InChI is InChI=1S/C11H24N2/c1-10(2,3)6-9-7-12-8-11(4,5)13-9/h9,12-13H,6-8H2,1-5H3. The predicted molar refractivity (Wildman–Crippen MR) is 57.9 cm³/mol. The molecule has 1 aliphatic rings. The molecule has 1 fully saturated rings. The molecule has 2 heteroatoms. The van der Waals surface area contributed by atoms with Crippen LogP contribution < -0.4 is 10.6 Å². The highest BCUT2D eigenvalue weighted by Crippen LogP contribution is 2.22. The van der Waals surface area contributed by atoms with Crippen molar-refractivity contribution in [3.8, 4) is 0 Å². The minimum Gasteiger partial charge on any atom is -0.313 e. The minimum absolute atomic E-state index is 0.258. The molecule has 2 N–H and O–H groups in total. The Morgan fingerprint density at radius 2 is 1.92 bits per heavy atom. The normalized spacial score (nSPS) is 28.8. The molecule has 0 aromatic heterocycles. The van der Waals surface area contributed by atoms with Gasteiger partial charge in [0.15, 0.2) is 0 Å². The zero-order valence-corrected chi connectivity index (χ0v) is 9.70. The second-order valence-electron chi connectivity index (χ2n) is 6.12. The summed E-state index contributed by atoms with van der Waals surface area (Å²) in [5.41, 5.74) is 0.681. The lowest BCUT2D eigenvalue weighted by molar-refractivity contribution is 0.210. The molecule has 1 atom stereocenters. The summed E-state index contributed by atoms with van der Waals surface area (Å²) < 4.78 is 0. The number of piperazine rings is 1. The van der Waals surface area contributed by atoms with E-state index < -0.39 is 0 Å². The molecule has 1 saturated heterocycles. The summed E-state index contributed by atoms with van der Waals surface area (Å²) in [4.78, 5) is 0. The molecule has 0 aliphatic carbocycles. The molecule has 0 spiro atoms. The highest BCUT2D eigenvalue weighted by Gasteiger charge is 2.28. The lowest BCUT2D eigenvalue weighted by Gasteiger charge is -2.40. The van der Waals surface area contributed by atoms with E-state index >= 15 is 0 Å². The van der Waals surface area contributed by atoms with Crippen LogP contribution in [0, 0.1) is 5.41 Å². The second-order valence-corrected chi connectivity index (χ2v) is 6.12. The molecule has 0 amide bonds. The van der Waals surface area contributed by atoms with Crippen molar-refractivity contribution in [1.82, 2.24) is 10.6 Å². The fraction of sp³-hybridized carbons (Fsp3) is 1.00. The van der Waals surface area contributed by atoms with E-state index in [0.717, 1.165) is 13.1 Å². The third kappa shape index (κ3) is 4.10. The first-order chi connectivity index (χ1) is 5.79. The lowest BCUT2D eigenvalue weighted by Crippen LogP contribution is -2.61. The Kier molecular flexibility index (Phi) is 3.03. The van der Waals surface area contributed by atoms with Gasteiger partial charge >= 0.3 is 0 Å². The van der Waals surface area contributed by atoms with Gasteiger partial charge in [-0.2, -0.15) is 0 Å². The van der Waals surface area contributed by atoms with Crippen LogP contribution in [-0.2, 0) is 0 Å². The summed E-state index contributed by atoms with van der Waals surface area (Å²) in [6, 6.07) is 0.628. The van der Waals surface area contributed by atoms with E-state index in [1.807, 2.05) is 0 Å². The first-order valence-electron chi connectivity index (χ1n) is 5.27. The fourth-order valence-electron chi connectivity index (χ4n) is 2.08. The molecule has 0 bridgehead atoms. The van der Waals surface area contributed by atoms with Crippen molar-refractivity contribution < 1.29 is 0 Å². The van der Waals surface area contributed by atoms with E-state index in [1.54, 1.807) is 0 Å². The van der Waals surface area contributed by atoms with E-state index in [0.29, 0.717) is 11.5 Å². The van der Waals surface area contributed by atoms with Crippen molar-refractivity contribution in [1.29, 1.82) is 0 Å². The first kappa shape index (κ1) is 11.0. The third-order valence-electron chi connectivity index (χ3n) is 2.41. The van der Waals surface area contributed by atoms with E-state index in [1.165, 1.54) is 6.42 Å². The first-order valence-corrected chi connectivity index (χ1v) is 5.27. The molecule has 0 radical (unpaired) electrons. The SMILES string of the molecule is CC(C)(C)CC1CNCC(C)(C)N1. The van der Waals surface area contributed by atoms with Gasteiger partial charge in [-0.25, -0.2) is 0 Å². The van der Waals surface area contributed by atoms with E-state index in [2.05, 4.69) is 45.3 Å². The van der Waals surface area contributed by atoms with Crippen molar-refractivity contribution in [2.45, 2.75) is 52.6 Å². The maximum absolute atomic E-state index is 3.69. The fourth-order valence-corrected chi connectivity index (χ4v) is 2.08. The Labute approximate surface area is 82.5 Å². The highest BCUT2D eigenvalue weighted by atomic mass is 15.1. The molecule has 78 valence electrons. The van der Waals surface area contributed by atoms with Crippen LogP contribution in [-0.4, -0.2) is 24.7 Å². The van der Waals surface area contributed by atoms with Gasteiger partial charge in [0.2, 0.25) is 0 Å². The van der Waals surface area contributed by atoms with Crippen LogP contribution in [0.15, 0.2) is 0 Å². The van der Waals surface area contributed by atoms with Crippen LogP contribution in [0.1, 0.15) is 41.0 Å². The Bertz CT molecular complexity index is 165. The molecule has 1 heterocycles. The lowest BCUT2D eigenvalue weighted by atomic mass is 9.86. The maximum atomic E-state index is 3.69. The molecule has 2 nitrogen and oxygen atoms in total. The zero-order chi connectivity index (χ0) is 10.1. The number of nitrogens with one attached hydrogen (secondary N) is 2. The molecule has 13 heavy (non-hydrogen) atoms. The molecule has 0 saturated carbocycles. The maximum Gasteiger partial charge on any atom is 0.0252 e. The van der Waals surface area contributed by atoms with Crippen LogP contribution >= 0.6 is 0 Å². The van der Waals surface area contributed by atoms with E-state index in [9.17, 15) is 0 Å². The summed E-state index contributed by atoms with van der Waals surface area (Å²) in [5, 5.41) is 7.17. The molecule has 1 unspecified atom stereocenters. The van der Waals surface area contributed by atoms with Gasteiger partial charge in [0.25, 0.3) is 0 Å². The molecule has 1 aliphatic heterocycles. The van der Waals surface area contributed by atoms with Crippen molar-refractivity contribution in [2.24, 2.45) is 5.41 Å². The molecule has 0 aromatic rings. The van der Waals surface area contributed by atoms with Crippen LogP contribution in [0.5, 0.6) is 0 Å². The van der Waals surface area contributed by atoms with Crippen molar-refractivity contribution >= 4 is 0 Å². The summed E-state index contributed by atoms with van der Waals surface area (Å²) in [6.07, 6.45) is 1.24. The Hall–Kier alpha value is -0.0800. The third-order valence-corrected chi connectivity index (χ3v) is 2.41. The summed E-state index contributed by atoms with van der Waals surface area (Å²) in [7, 11) is 0. The van der Waals surface area contributed by atoms with Crippen molar-refractivity contribution in [3.63, 3.8) is 0 Å². The zero-order valence-electron chi connectivity index (χ0n) is 9.70.